The van der Waals surface area contributed by atoms with Crippen LogP contribution in [0.4, 0.5) is 35.1 Å². The van der Waals surface area contributed by atoms with Crippen molar-refractivity contribution in [1.29, 1.82) is 0 Å². The topological polar surface area (TPSA) is 86.5 Å². The van der Waals surface area contributed by atoms with Crippen LogP contribution in [0.2, 0.25) is 0 Å². The Morgan fingerprint density at radius 3 is 2.24 bits per heavy atom. The van der Waals surface area contributed by atoms with Gasteiger partial charge >= 0.3 is 18.3 Å². The molecule has 0 atom stereocenters. The van der Waals surface area contributed by atoms with Gasteiger partial charge < -0.3 is 4.74 Å². The average molecular weight is 504 g/mol. The molecule has 0 aliphatic carbocycles. The van der Waals surface area contributed by atoms with Crippen molar-refractivity contribution in [2.45, 2.75) is 30.1 Å². The molecule has 16 heteroatoms. The zero-order valence-electron chi connectivity index (χ0n) is 16.2. The van der Waals surface area contributed by atoms with Crippen LogP contribution in [0.5, 0.6) is 5.88 Å². The van der Waals surface area contributed by atoms with Gasteiger partial charge in [0.25, 0.3) is 0 Å². The maximum atomic E-state index is 13.1. The molecule has 0 unspecified atom stereocenters. The smallest absolute Gasteiger partial charge is 0.456 e. The molecule has 0 N–H and O–H groups in total. The van der Waals surface area contributed by atoms with Gasteiger partial charge in [0.15, 0.2) is 27.8 Å². The summed E-state index contributed by atoms with van der Waals surface area (Å²) in [5, 5.41) is 3.28. The standard InChI is InChI=1S/C17H12F8N4O3S/c1-2-33(30,31)10-3-4-13(32-8-15(18,19)17(23,24)25)27-14(10)9-5-6-29-12(26-9)7-11(28-29)16(20,21)22/h3-7H,2,8H2,1H3. The first-order valence-electron chi connectivity index (χ1n) is 8.80. The van der Waals surface area contributed by atoms with Crippen LogP contribution in [0.1, 0.15) is 12.6 Å². The summed E-state index contributed by atoms with van der Waals surface area (Å²) in [6, 6.07) is 3.26. The van der Waals surface area contributed by atoms with Gasteiger partial charge in [0, 0.05) is 18.3 Å². The molecule has 180 valence electrons. The van der Waals surface area contributed by atoms with E-state index in [-0.39, 0.29) is 11.3 Å². The third-order valence-electron chi connectivity index (χ3n) is 4.22. The number of sulfone groups is 1. The summed E-state index contributed by atoms with van der Waals surface area (Å²) in [7, 11) is -4.02. The SMILES string of the molecule is CCS(=O)(=O)c1ccc(OCC(F)(F)C(F)(F)F)nc1-c1ccn2nc(C(F)(F)F)cc2n1. The summed E-state index contributed by atoms with van der Waals surface area (Å²) in [5.74, 6) is -6.44. The second kappa shape index (κ2) is 8.07. The molecular weight excluding hydrogens is 492 g/mol. The molecule has 33 heavy (non-hydrogen) atoms. The highest BCUT2D eigenvalue weighted by Crippen LogP contribution is 2.36. The number of aromatic nitrogens is 4. The first kappa shape index (κ1) is 24.6. The predicted octanol–water partition coefficient (Wildman–Crippen LogP) is 4.18. The largest absolute Gasteiger partial charge is 0.471 e. The molecule has 3 rings (SSSR count). The molecule has 0 amide bonds. The number of nitrogens with zero attached hydrogens (tertiary/aromatic N) is 4. The Balaban J connectivity index is 2.09. The lowest BCUT2D eigenvalue weighted by Crippen LogP contribution is -2.41. The number of ether oxygens (including phenoxy) is 1. The minimum atomic E-state index is -5.90. The van der Waals surface area contributed by atoms with Crippen molar-refractivity contribution >= 4 is 15.5 Å². The van der Waals surface area contributed by atoms with Crippen molar-refractivity contribution in [3.63, 3.8) is 0 Å². The maximum absolute atomic E-state index is 13.1. The van der Waals surface area contributed by atoms with Gasteiger partial charge in [-0.2, -0.15) is 40.2 Å². The molecule has 3 aromatic heterocycles. The number of pyridine rings is 1. The third kappa shape index (κ3) is 4.99. The second-order valence-electron chi connectivity index (χ2n) is 6.53. The zero-order valence-corrected chi connectivity index (χ0v) is 17.1. The fraction of sp³-hybridized carbons (Fsp3) is 0.353. The van der Waals surface area contributed by atoms with E-state index >= 15 is 0 Å². The van der Waals surface area contributed by atoms with Gasteiger partial charge in [-0.15, -0.1) is 0 Å². The van der Waals surface area contributed by atoms with Crippen molar-refractivity contribution in [2.75, 3.05) is 12.4 Å². The molecular formula is C17H12F8N4O3S. The van der Waals surface area contributed by atoms with Crippen LogP contribution < -0.4 is 4.74 Å². The summed E-state index contributed by atoms with van der Waals surface area (Å²) in [6.45, 7) is -0.858. The van der Waals surface area contributed by atoms with Crippen LogP contribution in [0, 0.1) is 0 Å². The molecule has 3 heterocycles. The van der Waals surface area contributed by atoms with Gasteiger partial charge in [0.05, 0.1) is 16.3 Å². The Labute approximate surface area is 179 Å². The van der Waals surface area contributed by atoms with Gasteiger partial charge in [-0.1, -0.05) is 6.92 Å². The minimum absolute atomic E-state index is 0.309. The van der Waals surface area contributed by atoms with E-state index in [0.717, 1.165) is 28.9 Å². The molecule has 0 saturated heterocycles. The van der Waals surface area contributed by atoms with E-state index in [1.807, 2.05) is 0 Å². The van der Waals surface area contributed by atoms with Crippen LogP contribution in [0.25, 0.3) is 17.0 Å². The van der Waals surface area contributed by atoms with E-state index in [1.165, 1.54) is 6.92 Å². The predicted molar refractivity (Wildman–Crippen MR) is 95.4 cm³/mol. The van der Waals surface area contributed by atoms with E-state index in [2.05, 4.69) is 19.8 Å². The monoisotopic (exact) mass is 504 g/mol. The van der Waals surface area contributed by atoms with Gasteiger partial charge in [-0.25, -0.2) is 22.9 Å². The summed E-state index contributed by atoms with van der Waals surface area (Å²) in [6.07, 6.45) is -9.67. The van der Waals surface area contributed by atoms with Crippen LogP contribution in [-0.2, 0) is 16.0 Å². The number of rotatable bonds is 6. The molecule has 0 fully saturated rings. The van der Waals surface area contributed by atoms with E-state index in [0.29, 0.717) is 6.07 Å². The normalized spacial score (nSPS) is 13.5. The molecule has 0 aromatic carbocycles. The Bertz CT molecular complexity index is 1290. The van der Waals surface area contributed by atoms with Crippen molar-refractivity contribution in [1.82, 2.24) is 19.6 Å². The number of halogens is 8. The number of hydrogen-bond donors (Lipinski definition) is 0. The van der Waals surface area contributed by atoms with Crippen LogP contribution >= 0.6 is 0 Å². The maximum Gasteiger partial charge on any atom is 0.456 e. The zero-order chi connectivity index (χ0) is 24.8. The second-order valence-corrected chi connectivity index (χ2v) is 8.78. The average Bonchev–Trinajstić information content (AvgIpc) is 3.15. The van der Waals surface area contributed by atoms with Crippen LogP contribution in [-0.4, -0.2) is 52.5 Å². The molecule has 3 aromatic rings. The van der Waals surface area contributed by atoms with E-state index < -0.39 is 62.6 Å². The van der Waals surface area contributed by atoms with Gasteiger partial charge in [0.2, 0.25) is 5.88 Å². The molecule has 0 bridgehead atoms. The van der Waals surface area contributed by atoms with Gasteiger partial charge in [-0.3, -0.25) is 0 Å². The van der Waals surface area contributed by atoms with Gasteiger partial charge in [0.1, 0.15) is 5.69 Å². The van der Waals surface area contributed by atoms with Crippen molar-refractivity contribution in [3.8, 4) is 17.3 Å². The summed E-state index contributed by atoms with van der Waals surface area (Å²) in [4.78, 5) is 7.08. The van der Waals surface area contributed by atoms with Gasteiger partial charge in [-0.05, 0) is 12.1 Å². The molecule has 0 aliphatic rings. The summed E-state index contributed by atoms with van der Waals surface area (Å²) >= 11 is 0. The summed E-state index contributed by atoms with van der Waals surface area (Å²) < 4.78 is 132. The van der Waals surface area contributed by atoms with E-state index in [4.69, 9.17) is 0 Å². The Kier molecular flexibility index (Phi) is 6.02. The fourth-order valence-electron chi connectivity index (χ4n) is 2.50. The van der Waals surface area contributed by atoms with Crippen molar-refractivity contribution < 1.29 is 48.3 Å². The Morgan fingerprint density at radius 1 is 1.00 bits per heavy atom. The lowest BCUT2D eigenvalue weighted by molar-refractivity contribution is -0.290. The first-order valence-corrected chi connectivity index (χ1v) is 10.5. The fourth-order valence-corrected chi connectivity index (χ4v) is 3.53. The van der Waals surface area contributed by atoms with Crippen molar-refractivity contribution in [2.24, 2.45) is 0 Å². The number of hydrogen-bond acceptors (Lipinski definition) is 6. The van der Waals surface area contributed by atoms with Crippen LogP contribution in [0.15, 0.2) is 35.4 Å². The molecule has 0 aliphatic heterocycles. The molecule has 7 nitrogen and oxygen atoms in total. The van der Waals surface area contributed by atoms with Crippen LogP contribution in [0.3, 0.4) is 0 Å². The highest BCUT2D eigenvalue weighted by Gasteiger charge is 2.58. The van der Waals surface area contributed by atoms with E-state index in [1.54, 1.807) is 0 Å². The molecule has 0 spiro atoms. The lowest BCUT2D eigenvalue weighted by atomic mass is 10.2. The number of alkyl halides is 8. The molecule has 0 saturated carbocycles. The Morgan fingerprint density at radius 2 is 1.67 bits per heavy atom. The molecule has 0 radical (unpaired) electrons. The quantitative estimate of drug-likeness (QED) is 0.469. The highest BCUT2D eigenvalue weighted by molar-refractivity contribution is 7.91. The number of fused-ring (bicyclic) bond motifs is 1. The lowest BCUT2D eigenvalue weighted by Gasteiger charge is -2.19. The first-order chi connectivity index (χ1) is 15.0. The minimum Gasteiger partial charge on any atom is -0.471 e. The van der Waals surface area contributed by atoms with Crippen molar-refractivity contribution in [3.05, 3.63) is 36.2 Å². The Hall–Kier alpha value is -3.04. The summed E-state index contributed by atoms with van der Waals surface area (Å²) in [5.41, 5.74) is -2.46. The third-order valence-corrected chi connectivity index (χ3v) is 5.98. The highest BCUT2D eigenvalue weighted by atomic mass is 32.2. The van der Waals surface area contributed by atoms with E-state index in [9.17, 15) is 43.5 Å².